The van der Waals surface area contributed by atoms with E-state index in [9.17, 15) is 5.11 Å². The molecule has 0 spiro atoms. The molecule has 1 aromatic carbocycles. The Morgan fingerprint density at radius 3 is 2.85 bits per heavy atom. The van der Waals surface area contributed by atoms with Crippen LogP contribution in [0.15, 0.2) is 18.2 Å². The minimum atomic E-state index is -0.00267. The average Bonchev–Trinajstić information content (AvgIpc) is 3.07. The van der Waals surface area contributed by atoms with Crippen LogP contribution in [-0.4, -0.2) is 49.7 Å². The number of aromatic amines is 1. The van der Waals surface area contributed by atoms with Crippen molar-refractivity contribution in [1.29, 1.82) is 0 Å². The van der Waals surface area contributed by atoms with Crippen LogP contribution in [0.25, 0.3) is 11.2 Å². The summed E-state index contributed by atoms with van der Waals surface area (Å²) in [4.78, 5) is 10.9. The zero-order valence-corrected chi connectivity index (χ0v) is 15.3. The van der Waals surface area contributed by atoms with Gasteiger partial charge in [-0.2, -0.15) is 9.97 Å². The predicted molar refractivity (Wildman–Crippen MR) is 102 cm³/mol. The molecule has 138 valence electrons. The number of nitrogen functional groups attached to an aromatic ring is 1. The van der Waals surface area contributed by atoms with Gasteiger partial charge in [0.2, 0.25) is 11.6 Å². The standard InChI is InChI=1S/C16H21ClN8O/c1-9(2)25(6-7-26)16-20-14(13-15(21-16)23-24-22-13)19-8-10-11(17)4-3-5-12(10)18/h3-5,9,26H,6-8,18H2,1-2H3,(H2,19,20,21,22,23,24). The van der Waals surface area contributed by atoms with Gasteiger partial charge in [0, 0.05) is 35.4 Å². The number of fused-ring (bicyclic) bond motifs is 1. The molecule has 0 amide bonds. The lowest BCUT2D eigenvalue weighted by Gasteiger charge is -2.26. The van der Waals surface area contributed by atoms with Gasteiger partial charge in [0.05, 0.1) is 6.61 Å². The maximum Gasteiger partial charge on any atom is 0.229 e. The van der Waals surface area contributed by atoms with Crippen molar-refractivity contribution in [2.24, 2.45) is 0 Å². The van der Waals surface area contributed by atoms with Crippen LogP contribution >= 0.6 is 11.6 Å². The Kier molecular flexibility index (Phi) is 5.38. The fourth-order valence-electron chi connectivity index (χ4n) is 2.62. The highest BCUT2D eigenvalue weighted by atomic mass is 35.5. The maximum atomic E-state index is 9.33. The summed E-state index contributed by atoms with van der Waals surface area (Å²) in [7, 11) is 0. The minimum absolute atomic E-state index is 0.00267. The van der Waals surface area contributed by atoms with Crippen molar-refractivity contribution < 1.29 is 5.11 Å². The lowest BCUT2D eigenvalue weighted by atomic mass is 10.2. The smallest absolute Gasteiger partial charge is 0.229 e. The number of hydrogen-bond donors (Lipinski definition) is 4. The van der Waals surface area contributed by atoms with Gasteiger partial charge in [-0.15, -0.1) is 5.10 Å². The molecule has 0 saturated carbocycles. The van der Waals surface area contributed by atoms with Crippen LogP contribution in [0.5, 0.6) is 0 Å². The summed E-state index contributed by atoms with van der Waals surface area (Å²) in [5, 5.41) is 23.7. The number of rotatable bonds is 7. The molecule has 0 aliphatic heterocycles. The Bertz CT molecular complexity index is 877. The fourth-order valence-corrected chi connectivity index (χ4v) is 2.87. The van der Waals surface area contributed by atoms with E-state index in [1.807, 2.05) is 18.7 Å². The number of anilines is 3. The average molecular weight is 377 g/mol. The molecule has 0 radical (unpaired) electrons. The summed E-state index contributed by atoms with van der Waals surface area (Å²) in [6, 6.07) is 5.49. The molecule has 0 unspecified atom stereocenters. The molecule has 0 saturated heterocycles. The second-order valence-corrected chi connectivity index (χ2v) is 6.46. The summed E-state index contributed by atoms with van der Waals surface area (Å²) >= 11 is 6.24. The highest BCUT2D eigenvalue weighted by molar-refractivity contribution is 6.31. The van der Waals surface area contributed by atoms with E-state index in [0.29, 0.717) is 46.7 Å². The van der Waals surface area contributed by atoms with Gasteiger partial charge < -0.3 is 21.1 Å². The molecule has 0 atom stereocenters. The number of aliphatic hydroxyl groups is 1. The Labute approximate surface area is 155 Å². The predicted octanol–water partition coefficient (Wildman–Crippen LogP) is 1.80. The zero-order chi connectivity index (χ0) is 18.7. The van der Waals surface area contributed by atoms with Crippen molar-refractivity contribution in [3.63, 3.8) is 0 Å². The van der Waals surface area contributed by atoms with Gasteiger partial charge in [-0.1, -0.05) is 22.9 Å². The molecule has 2 heterocycles. The summed E-state index contributed by atoms with van der Waals surface area (Å²) < 4.78 is 0. The monoisotopic (exact) mass is 376 g/mol. The number of hydrogen-bond acceptors (Lipinski definition) is 8. The zero-order valence-electron chi connectivity index (χ0n) is 14.6. The molecule has 0 aliphatic rings. The number of halogens is 1. The van der Waals surface area contributed by atoms with Crippen LogP contribution < -0.4 is 16.0 Å². The highest BCUT2D eigenvalue weighted by Crippen LogP contribution is 2.25. The second kappa shape index (κ2) is 7.71. The number of H-pyrrole nitrogens is 1. The topological polar surface area (TPSA) is 129 Å². The first-order chi connectivity index (χ1) is 12.5. The molecular weight excluding hydrogens is 356 g/mol. The lowest BCUT2D eigenvalue weighted by Crippen LogP contribution is -2.35. The first-order valence-corrected chi connectivity index (χ1v) is 8.62. The van der Waals surface area contributed by atoms with Crippen LogP contribution in [-0.2, 0) is 6.54 Å². The van der Waals surface area contributed by atoms with Gasteiger partial charge in [0.15, 0.2) is 5.82 Å². The van der Waals surface area contributed by atoms with E-state index in [2.05, 4.69) is 30.7 Å². The van der Waals surface area contributed by atoms with E-state index in [1.165, 1.54) is 0 Å². The Morgan fingerprint density at radius 1 is 1.35 bits per heavy atom. The SMILES string of the molecule is CC(C)N(CCO)c1nc(NCc2c(N)cccc2Cl)c2[nH]nnc2n1. The van der Waals surface area contributed by atoms with Gasteiger partial charge in [-0.3, -0.25) is 5.10 Å². The third-order valence-electron chi connectivity index (χ3n) is 3.99. The molecule has 0 bridgehead atoms. The van der Waals surface area contributed by atoms with E-state index in [1.54, 1.807) is 18.2 Å². The fraction of sp³-hybridized carbons (Fsp3) is 0.375. The van der Waals surface area contributed by atoms with Crippen molar-refractivity contribution in [1.82, 2.24) is 25.4 Å². The molecule has 0 aliphatic carbocycles. The minimum Gasteiger partial charge on any atom is -0.398 e. The Hall–Kier alpha value is -2.65. The molecule has 10 heteroatoms. The lowest BCUT2D eigenvalue weighted by molar-refractivity contribution is 0.298. The van der Waals surface area contributed by atoms with Crippen LogP contribution in [0, 0.1) is 0 Å². The van der Waals surface area contributed by atoms with Crippen LogP contribution in [0.4, 0.5) is 17.5 Å². The van der Waals surface area contributed by atoms with Crippen molar-refractivity contribution in [3.8, 4) is 0 Å². The van der Waals surface area contributed by atoms with Crippen LogP contribution in [0.2, 0.25) is 5.02 Å². The van der Waals surface area contributed by atoms with E-state index in [0.717, 1.165) is 5.56 Å². The third-order valence-corrected chi connectivity index (χ3v) is 4.35. The van der Waals surface area contributed by atoms with Crippen LogP contribution in [0.1, 0.15) is 19.4 Å². The van der Waals surface area contributed by atoms with Crippen molar-refractivity contribution in [3.05, 3.63) is 28.8 Å². The Morgan fingerprint density at radius 2 is 2.15 bits per heavy atom. The molecular formula is C16H21ClN8O. The summed E-state index contributed by atoms with van der Waals surface area (Å²) in [5.41, 5.74) is 8.42. The van der Waals surface area contributed by atoms with Crippen molar-refractivity contribution in [2.45, 2.75) is 26.4 Å². The summed E-state index contributed by atoms with van der Waals surface area (Å²) in [6.45, 7) is 4.81. The van der Waals surface area contributed by atoms with Gasteiger partial charge in [0.1, 0.15) is 5.52 Å². The quantitative estimate of drug-likeness (QED) is 0.459. The first-order valence-electron chi connectivity index (χ1n) is 8.24. The van der Waals surface area contributed by atoms with Gasteiger partial charge in [-0.05, 0) is 26.0 Å². The van der Waals surface area contributed by atoms with Gasteiger partial charge in [0.25, 0.3) is 0 Å². The summed E-state index contributed by atoms with van der Waals surface area (Å²) in [5.74, 6) is 1.00. The number of aliphatic hydroxyl groups excluding tert-OH is 1. The first kappa shape index (κ1) is 18.2. The molecule has 5 N–H and O–H groups in total. The van der Waals surface area contributed by atoms with E-state index in [4.69, 9.17) is 17.3 Å². The molecule has 26 heavy (non-hydrogen) atoms. The van der Waals surface area contributed by atoms with Crippen molar-refractivity contribution in [2.75, 3.05) is 29.1 Å². The number of nitrogens with zero attached hydrogens (tertiary/aromatic N) is 5. The van der Waals surface area contributed by atoms with Crippen LogP contribution in [0.3, 0.4) is 0 Å². The Balaban J connectivity index is 1.95. The van der Waals surface area contributed by atoms with E-state index < -0.39 is 0 Å². The van der Waals surface area contributed by atoms with Gasteiger partial charge >= 0.3 is 0 Å². The maximum absolute atomic E-state index is 9.33. The highest BCUT2D eigenvalue weighted by Gasteiger charge is 2.18. The molecule has 3 rings (SSSR count). The second-order valence-electron chi connectivity index (χ2n) is 6.05. The number of benzene rings is 1. The van der Waals surface area contributed by atoms with E-state index >= 15 is 0 Å². The third kappa shape index (κ3) is 3.63. The molecule has 0 fully saturated rings. The molecule has 3 aromatic rings. The van der Waals surface area contributed by atoms with Crippen molar-refractivity contribution >= 4 is 40.2 Å². The molecule has 9 nitrogen and oxygen atoms in total. The number of nitrogens with one attached hydrogen (secondary N) is 2. The number of aromatic nitrogens is 5. The summed E-state index contributed by atoms with van der Waals surface area (Å²) in [6.07, 6.45) is 0. The van der Waals surface area contributed by atoms with E-state index in [-0.39, 0.29) is 12.6 Å². The van der Waals surface area contributed by atoms with Gasteiger partial charge in [-0.25, -0.2) is 0 Å². The number of nitrogens with two attached hydrogens (primary N) is 1. The molecule has 2 aromatic heterocycles. The normalized spacial score (nSPS) is 11.3. The largest absolute Gasteiger partial charge is 0.398 e.